The van der Waals surface area contributed by atoms with Gasteiger partial charge in [-0.1, -0.05) is 37.6 Å². The molecular formula is C15H21ClN2O2. The molecule has 5 heteroatoms. The van der Waals surface area contributed by atoms with Crippen molar-refractivity contribution < 1.29 is 9.90 Å². The highest BCUT2D eigenvalue weighted by molar-refractivity contribution is 6.30. The number of nitrogens with zero attached hydrogens (tertiary/aromatic N) is 1. The summed E-state index contributed by atoms with van der Waals surface area (Å²) in [5.41, 5.74) is 0.390. The standard InChI is InChI=1S/C15H21ClN2O2/c1-11(2)15(20)9-18(10-15)8-14(19)17-7-12-3-5-13(16)6-4-12/h3-6,11,20H,7-10H2,1-2H3,(H,17,19). The Labute approximate surface area is 124 Å². The van der Waals surface area contributed by atoms with Crippen molar-refractivity contribution in [1.29, 1.82) is 0 Å². The second-order valence-electron chi connectivity index (χ2n) is 5.81. The summed E-state index contributed by atoms with van der Waals surface area (Å²) in [6.07, 6.45) is 0. The number of hydrogen-bond donors (Lipinski definition) is 2. The van der Waals surface area contributed by atoms with Gasteiger partial charge in [-0.25, -0.2) is 0 Å². The molecule has 2 rings (SSSR count). The summed E-state index contributed by atoms with van der Waals surface area (Å²) in [5.74, 6) is 0.196. The Morgan fingerprint density at radius 3 is 2.55 bits per heavy atom. The summed E-state index contributed by atoms with van der Waals surface area (Å²) in [4.78, 5) is 13.8. The van der Waals surface area contributed by atoms with Gasteiger partial charge in [0.05, 0.1) is 12.1 Å². The van der Waals surface area contributed by atoms with Crippen LogP contribution in [0.3, 0.4) is 0 Å². The zero-order chi connectivity index (χ0) is 14.8. The molecule has 1 fully saturated rings. The molecule has 1 aromatic rings. The molecule has 0 bridgehead atoms. The lowest BCUT2D eigenvalue weighted by atomic mass is 9.83. The summed E-state index contributed by atoms with van der Waals surface area (Å²) < 4.78 is 0. The molecule has 0 radical (unpaired) electrons. The van der Waals surface area contributed by atoms with Gasteiger partial charge in [-0.3, -0.25) is 9.69 Å². The second-order valence-corrected chi connectivity index (χ2v) is 6.24. The molecule has 1 saturated heterocycles. The van der Waals surface area contributed by atoms with Crippen LogP contribution in [-0.4, -0.2) is 41.1 Å². The van der Waals surface area contributed by atoms with E-state index < -0.39 is 5.60 Å². The molecule has 0 saturated carbocycles. The van der Waals surface area contributed by atoms with Gasteiger partial charge in [-0.2, -0.15) is 0 Å². The van der Waals surface area contributed by atoms with Gasteiger partial charge in [0, 0.05) is 24.7 Å². The van der Waals surface area contributed by atoms with Gasteiger partial charge in [0.1, 0.15) is 0 Å². The summed E-state index contributed by atoms with van der Waals surface area (Å²) in [6.45, 7) is 5.97. The molecular weight excluding hydrogens is 276 g/mol. The van der Waals surface area contributed by atoms with Gasteiger partial charge < -0.3 is 10.4 Å². The van der Waals surface area contributed by atoms with Crippen molar-refractivity contribution in [2.45, 2.75) is 26.0 Å². The summed E-state index contributed by atoms with van der Waals surface area (Å²) in [6, 6.07) is 7.40. The average molecular weight is 297 g/mol. The molecule has 0 aromatic heterocycles. The van der Waals surface area contributed by atoms with E-state index in [1.807, 2.05) is 30.9 Å². The Morgan fingerprint density at radius 2 is 2.00 bits per heavy atom. The third kappa shape index (κ3) is 3.72. The highest BCUT2D eigenvalue weighted by atomic mass is 35.5. The van der Waals surface area contributed by atoms with E-state index in [1.165, 1.54) is 0 Å². The van der Waals surface area contributed by atoms with Gasteiger partial charge in [0.25, 0.3) is 0 Å². The minimum absolute atomic E-state index is 0.0224. The fraction of sp³-hybridized carbons (Fsp3) is 0.533. The van der Waals surface area contributed by atoms with Crippen LogP contribution in [0.4, 0.5) is 0 Å². The number of hydrogen-bond acceptors (Lipinski definition) is 3. The number of nitrogens with one attached hydrogen (secondary N) is 1. The van der Waals surface area contributed by atoms with Crippen molar-refractivity contribution in [2.24, 2.45) is 5.92 Å². The molecule has 110 valence electrons. The smallest absolute Gasteiger partial charge is 0.234 e. The maximum atomic E-state index is 11.8. The van der Waals surface area contributed by atoms with Crippen LogP contribution < -0.4 is 5.32 Å². The monoisotopic (exact) mass is 296 g/mol. The number of aliphatic hydroxyl groups is 1. The van der Waals surface area contributed by atoms with E-state index in [2.05, 4.69) is 5.32 Å². The van der Waals surface area contributed by atoms with Crippen LogP contribution in [0, 0.1) is 5.92 Å². The molecule has 0 aliphatic carbocycles. The number of β-amino-alcohol motifs (C(OH)–C–C–N with tert-alkyl or cyclic N) is 1. The highest BCUT2D eigenvalue weighted by Gasteiger charge is 2.43. The number of amides is 1. The summed E-state index contributed by atoms with van der Waals surface area (Å²) in [5, 5.41) is 13.7. The van der Waals surface area contributed by atoms with Gasteiger partial charge in [-0.15, -0.1) is 0 Å². The number of likely N-dealkylation sites (tertiary alicyclic amines) is 1. The second kappa shape index (κ2) is 6.12. The molecule has 1 amide bonds. The number of halogens is 1. The van der Waals surface area contributed by atoms with E-state index in [9.17, 15) is 9.90 Å². The molecule has 1 heterocycles. The Kier molecular flexibility index (Phi) is 4.68. The molecule has 0 spiro atoms. The lowest BCUT2D eigenvalue weighted by Crippen LogP contribution is -2.65. The average Bonchev–Trinajstić information content (AvgIpc) is 2.36. The van der Waals surface area contributed by atoms with Crippen molar-refractivity contribution in [3.63, 3.8) is 0 Å². The van der Waals surface area contributed by atoms with Crippen molar-refractivity contribution >= 4 is 17.5 Å². The van der Waals surface area contributed by atoms with Crippen LogP contribution in [0.5, 0.6) is 0 Å². The zero-order valence-corrected chi connectivity index (χ0v) is 12.7. The predicted molar refractivity (Wildman–Crippen MR) is 79.5 cm³/mol. The Balaban J connectivity index is 1.71. The number of rotatable bonds is 5. The summed E-state index contributed by atoms with van der Waals surface area (Å²) in [7, 11) is 0. The molecule has 1 aliphatic rings. The fourth-order valence-corrected chi connectivity index (χ4v) is 2.39. The van der Waals surface area contributed by atoms with Gasteiger partial charge >= 0.3 is 0 Å². The SMILES string of the molecule is CC(C)C1(O)CN(CC(=O)NCc2ccc(Cl)cc2)C1. The van der Waals surface area contributed by atoms with Crippen LogP contribution in [0.2, 0.25) is 5.02 Å². The minimum Gasteiger partial charge on any atom is -0.387 e. The van der Waals surface area contributed by atoms with E-state index in [1.54, 1.807) is 12.1 Å². The first kappa shape index (κ1) is 15.3. The van der Waals surface area contributed by atoms with Gasteiger partial charge in [-0.05, 0) is 23.6 Å². The summed E-state index contributed by atoms with van der Waals surface area (Å²) >= 11 is 5.80. The van der Waals surface area contributed by atoms with Crippen molar-refractivity contribution in [2.75, 3.05) is 19.6 Å². The van der Waals surface area contributed by atoms with E-state index in [-0.39, 0.29) is 11.8 Å². The van der Waals surface area contributed by atoms with Crippen molar-refractivity contribution in [3.05, 3.63) is 34.9 Å². The first-order valence-corrected chi connectivity index (χ1v) is 7.23. The van der Waals surface area contributed by atoms with E-state index in [4.69, 9.17) is 11.6 Å². The minimum atomic E-state index is -0.629. The first-order chi connectivity index (χ1) is 9.39. The van der Waals surface area contributed by atoms with Crippen molar-refractivity contribution in [1.82, 2.24) is 10.2 Å². The van der Waals surface area contributed by atoms with Crippen LogP contribution in [0.15, 0.2) is 24.3 Å². The molecule has 0 unspecified atom stereocenters. The Bertz CT molecular complexity index is 467. The van der Waals surface area contributed by atoms with Crippen LogP contribution in [0.1, 0.15) is 19.4 Å². The van der Waals surface area contributed by atoms with E-state index >= 15 is 0 Å². The Hall–Kier alpha value is -1.10. The van der Waals surface area contributed by atoms with Gasteiger partial charge in [0.2, 0.25) is 5.91 Å². The van der Waals surface area contributed by atoms with E-state index in [0.717, 1.165) is 5.56 Å². The fourth-order valence-electron chi connectivity index (χ4n) is 2.27. The molecule has 1 aliphatic heterocycles. The van der Waals surface area contributed by atoms with Crippen LogP contribution >= 0.6 is 11.6 Å². The normalized spacial score (nSPS) is 17.9. The van der Waals surface area contributed by atoms with Crippen LogP contribution in [-0.2, 0) is 11.3 Å². The van der Waals surface area contributed by atoms with Gasteiger partial charge in [0.15, 0.2) is 0 Å². The van der Waals surface area contributed by atoms with Crippen LogP contribution in [0.25, 0.3) is 0 Å². The number of benzene rings is 1. The largest absolute Gasteiger partial charge is 0.387 e. The molecule has 4 nitrogen and oxygen atoms in total. The highest BCUT2D eigenvalue weighted by Crippen LogP contribution is 2.27. The molecule has 2 N–H and O–H groups in total. The first-order valence-electron chi connectivity index (χ1n) is 6.85. The third-order valence-electron chi connectivity index (χ3n) is 3.84. The molecule has 20 heavy (non-hydrogen) atoms. The lowest BCUT2D eigenvalue weighted by Gasteiger charge is -2.48. The lowest BCUT2D eigenvalue weighted by molar-refractivity contribution is -0.142. The number of carbonyl (C=O) groups is 1. The third-order valence-corrected chi connectivity index (χ3v) is 4.09. The Morgan fingerprint density at radius 1 is 1.40 bits per heavy atom. The van der Waals surface area contributed by atoms with Crippen molar-refractivity contribution in [3.8, 4) is 0 Å². The maximum absolute atomic E-state index is 11.8. The maximum Gasteiger partial charge on any atom is 0.234 e. The van der Waals surface area contributed by atoms with E-state index in [0.29, 0.717) is 31.2 Å². The quantitative estimate of drug-likeness (QED) is 0.869. The molecule has 1 aromatic carbocycles. The zero-order valence-electron chi connectivity index (χ0n) is 11.9. The number of carbonyl (C=O) groups excluding carboxylic acids is 1. The molecule has 0 atom stereocenters. The predicted octanol–water partition coefficient (Wildman–Crippen LogP) is 1.66. The topological polar surface area (TPSA) is 52.6 Å².